The Morgan fingerprint density at radius 2 is 1.79 bits per heavy atom. The van der Waals surface area contributed by atoms with Crippen LogP contribution in [-0.2, 0) is 4.74 Å². The Labute approximate surface area is 200 Å². The number of rotatable bonds is 7. The maximum absolute atomic E-state index is 12.8. The Balaban J connectivity index is 1.32. The van der Waals surface area contributed by atoms with Gasteiger partial charge >= 0.3 is 0 Å². The number of nitrogens with one attached hydrogen (secondary N) is 1. The van der Waals surface area contributed by atoms with E-state index in [1.165, 1.54) is 28.4 Å². The van der Waals surface area contributed by atoms with Crippen molar-refractivity contribution in [3.05, 3.63) is 82.7 Å². The maximum atomic E-state index is 12.8. The van der Waals surface area contributed by atoms with Crippen LogP contribution in [0.5, 0.6) is 0 Å². The third kappa shape index (κ3) is 4.09. The Hall–Kier alpha value is -3.88. The summed E-state index contributed by atoms with van der Waals surface area (Å²) in [5.74, 6) is -1.12. The van der Waals surface area contributed by atoms with E-state index in [2.05, 4.69) is 22.4 Å². The number of imide groups is 1. The molecule has 1 aromatic heterocycles. The molecule has 0 aliphatic carbocycles. The molecule has 8 heteroatoms. The monoisotopic (exact) mass is 471 g/mol. The number of ether oxygens (including phenoxy) is 1. The summed E-state index contributed by atoms with van der Waals surface area (Å²) in [4.78, 5) is 43.9. The molecule has 0 spiro atoms. The summed E-state index contributed by atoms with van der Waals surface area (Å²) in [6.07, 6.45) is 0.554. The van der Waals surface area contributed by atoms with E-state index in [9.17, 15) is 14.4 Å². The fourth-order valence-electron chi connectivity index (χ4n) is 3.98. The molecule has 0 fully saturated rings. The Kier molecular flexibility index (Phi) is 5.91. The number of hydrogen-bond donors (Lipinski definition) is 1. The first-order valence-electron chi connectivity index (χ1n) is 10.8. The highest BCUT2D eigenvalue weighted by molar-refractivity contribution is 7.14. The molecule has 1 aliphatic rings. The van der Waals surface area contributed by atoms with Gasteiger partial charge in [-0.15, -0.1) is 11.3 Å². The molecule has 170 valence electrons. The van der Waals surface area contributed by atoms with E-state index in [0.29, 0.717) is 29.3 Å². The van der Waals surface area contributed by atoms with Crippen LogP contribution in [0.4, 0.5) is 5.13 Å². The van der Waals surface area contributed by atoms with Crippen LogP contribution in [0.1, 0.15) is 37.5 Å². The first-order valence-corrected chi connectivity index (χ1v) is 11.7. The van der Waals surface area contributed by atoms with Gasteiger partial charge in [-0.25, -0.2) is 4.98 Å². The SMILES string of the molecule is COCCCN1C(=O)c2ccc(C(=O)Nc3nc(-c4ccc5ccccc5c4)cs3)cc2C1=O. The number of hydrogen-bond acceptors (Lipinski definition) is 6. The highest BCUT2D eigenvalue weighted by atomic mass is 32.1. The lowest BCUT2D eigenvalue weighted by molar-refractivity contribution is 0.0638. The van der Waals surface area contributed by atoms with Crippen LogP contribution in [0, 0.1) is 0 Å². The third-order valence-electron chi connectivity index (χ3n) is 5.73. The largest absolute Gasteiger partial charge is 0.385 e. The second-order valence-corrected chi connectivity index (χ2v) is 8.78. The second kappa shape index (κ2) is 9.17. The molecule has 0 unspecified atom stereocenters. The first kappa shape index (κ1) is 21.9. The zero-order valence-electron chi connectivity index (χ0n) is 18.4. The number of anilines is 1. The van der Waals surface area contributed by atoms with Crippen LogP contribution in [0.15, 0.2) is 66.0 Å². The number of methoxy groups -OCH3 is 1. The molecule has 7 nitrogen and oxygen atoms in total. The van der Waals surface area contributed by atoms with Crippen molar-refractivity contribution in [1.82, 2.24) is 9.88 Å². The molecule has 0 bridgehead atoms. The quantitative estimate of drug-likeness (QED) is 0.308. The third-order valence-corrected chi connectivity index (χ3v) is 6.49. The molecule has 0 atom stereocenters. The summed E-state index contributed by atoms with van der Waals surface area (Å²) in [5, 5.41) is 7.41. The maximum Gasteiger partial charge on any atom is 0.261 e. The van der Waals surface area contributed by atoms with Crippen LogP contribution in [0.3, 0.4) is 0 Å². The predicted octanol–water partition coefficient (Wildman–Crippen LogP) is 4.85. The van der Waals surface area contributed by atoms with Gasteiger partial charge in [0, 0.05) is 36.8 Å². The van der Waals surface area contributed by atoms with E-state index < -0.39 is 5.91 Å². The van der Waals surface area contributed by atoms with Crippen LogP contribution in [0.25, 0.3) is 22.0 Å². The van der Waals surface area contributed by atoms with Gasteiger partial charge in [-0.1, -0.05) is 36.4 Å². The molecule has 34 heavy (non-hydrogen) atoms. The first-order chi connectivity index (χ1) is 16.5. The molecule has 3 aromatic carbocycles. The summed E-state index contributed by atoms with van der Waals surface area (Å²) >= 11 is 1.33. The molecular weight excluding hydrogens is 450 g/mol. The highest BCUT2D eigenvalue weighted by Gasteiger charge is 2.35. The van der Waals surface area contributed by atoms with Crippen molar-refractivity contribution in [3.63, 3.8) is 0 Å². The predicted molar refractivity (Wildman–Crippen MR) is 131 cm³/mol. The van der Waals surface area contributed by atoms with Crippen molar-refractivity contribution in [3.8, 4) is 11.3 Å². The summed E-state index contributed by atoms with van der Waals surface area (Å²) in [7, 11) is 1.57. The molecule has 1 N–H and O–H groups in total. The number of nitrogens with zero attached hydrogens (tertiary/aromatic N) is 2. The second-order valence-electron chi connectivity index (χ2n) is 7.92. The summed E-state index contributed by atoms with van der Waals surface area (Å²) in [6.45, 7) is 0.731. The summed E-state index contributed by atoms with van der Waals surface area (Å²) < 4.78 is 5.00. The van der Waals surface area contributed by atoms with Gasteiger partial charge in [-0.05, 0) is 41.5 Å². The number of carbonyl (C=O) groups excluding carboxylic acids is 3. The van der Waals surface area contributed by atoms with Crippen molar-refractivity contribution in [2.45, 2.75) is 6.42 Å². The van der Waals surface area contributed by atoms with Gasteiger partial charge in [0.2, 0.25) is 0 Å². The van der Waals surface area contributed by atoms with Crippen molar-refractivity contribution in [1.29, 1.82) is 0 Å². The zero-order chi connectivity index (χ0) is 23.7. The van der Waals surface area contributed by atoms with E-state index >= 15 is 0 Å². The minimum Gasteiger partial charge on any atom is -0.385 e. The van der Waals surface area contributed by atoms with Gasteiger partial charge in [0.05, 0.1) is 16.8 Å². The lowest BCUT2D eigenvalue weighted by atomic mass is 10.1. The van der Waals surface area contributed by atoms with Crippen LogP contribution >= 0.6 is 11.3 Å². The number of fused-ring (bicyclic) bond motifs is 2. The average molecular weight is 472 g/mol. The lowest BCUT2D eigenvalue weighted by Gasteiger charge is -2.12. The summed E-state index contributed by atoms with van der Waals surface area (Å²) in [5.41, 5.74) is 2.58. The standard InChI is InChI=1S/C26H21N3O4S/c1-33-12-4-11-29-24(31)20-10-9-19(14-21(20)25(29)32)23(30)28-26-27-22(15-34-26)18-8-7-16-5-2-3-6-17(16)13-18/h2-3,5-10,13-15H,4,11-12H2,1H3,(H,27,28,30). The van der Waals surface area contributed by atoms with Crippen LogP contribution in [0.2, 0.25) is 0 Å². The van der Waals surface area contributed by atoms with Crippen molar-refractivity contribution in [2.75, 3.05) is 25.6 Å². The van der Waals surface area contributed by atoms with E-state index in [0.717, 1.165) is 22.0 Å². The van der Waals surface area contributed by atoms with Gasteiger partial charge in [-0.3, -0.25) is 24.6 Å². The molecule has 5 rings (SSSR count). The van der Waals surface area contributed by atoms with Gasteiger partial charge in [-0.2, -0.15) is 0 Å². The lowest BCUT2D eigenvalue weighted by Crippen LogP contribution is -2.31. The molecule has 4 aromatic rings. The van der Waals surface area contributed by atoms with E-state index in [4.69, 9.17) is 4.74 Å². The molecule has 3 amide bonds. The number of aromatic nitrogens is 1. The van der Waals surface area contributed by atoms with Gasteiger partial charge in [0.15, 0.2) is 5.13 Å². The molecule has 0 saturated heterocycles. The molecule has 0 saturated carbocycles. The normalized spacial score (nSPS) is 12.9. The average Bonchev–Trinajstić information content (AvgIpc) is 3.42. The molecule has 2 heterocycles. The van der Waals surface area contributed by atoms with Gasteiger partial charge in [0.25, 0.3) is 17.7 Å². The van der Waals surface area contributed by atoms with Crippen molar-refractivity contribution >= 4 is 45.0 Å². The highest BCUT2D eigenvalue weighted by Crippen LogP contribution is 2.29. The van der Waals surface area contributed by atoms with Gasteiger partial charge in [0.1, 0.15) is 0 Å². The molecule has 0 radical (unpaired) electrons. The topological polar surface area (TPSA) is 88.6 Å². The van der Waals surface area contributed by atoms with Crippen LogP contribution < -0.4 is 5.32 Å². The fourth-order valence-corrected chi connectivity index (χ4v) is 4.70. The Morgan fingerprint density at radius 3 is 2.62 bits per heavy atom. The zero-order valence-corrected chi connectivity index (χ0v) is 19.2. The van der Waals surface area contributed by atoms with E-state index in [1.807, 2.05) is 35.7 Å². The van der Waals surface area contributed by atoms with E-state index in [-0.39, 0.29) is 23.9 Å². The number of thiazole rings is 1. The smallest absolute Gasteiger partial charge is 0.261 e. The van der Waals surface area contributed by atoms with E-state index in [1.54, 1.807) is 13.2 Å². The van der Waals surface area contributed by atoms with Gasteiger partial charge < -0.3 is 4.74 Å². The number of amides is 3. The van der Waals surface area contributed by atoms with Crippen LogP contribution in [-0.4, -0.2) is 47.9 Å². The number of benzene rings is 3. The number of carbonyl (C=O) groups is 3. The minimum atomic E-state index is -0.390. The molecular formula is C26H21N3O4S. The Bertz CT molecular complexity index is 1430. The van der Waals surface area contributed by atoms with Crippen molar-refractivity contribution in [2.24, 2.45) is 0 Å². The molecule has 1 aliphatic heterocycles. The summed E-state index contributed by atoms with van der Waals surface area (Å²) in [6, 6.07) is 18.8. The fraction of sp³-hybridized carbons (Fsp3) is 0.154. The van der Waals surface area contributed by atoms with Crippen molar-refractivity contribution < 1.29 is 19.1 Å². The minimum absolute atomic E-state index is 0.242. The Morgan fingerprint density at radius 1 is 1.00 bits per heavy atom.